The first-order valence-corrected chi connectivity index (χ1v) is 6.07. The largest absolute Gasteiger partial charge is 0.381 e. The summed E-state index contributed by atoms with van der Waals surface area (Å²) in [5.41, 5.74) is 1.20. The molecule has 0 N–H and O–H groups in total. The van der Waals surface area contributed by atoms with E-state index in [0.29, 0.717) is 11.1 Å². The first kappa shape index (κ1) is 12.6. The lowest BCUT2D eigenvalue weighted by molar-refractivity contribution is 0.0362. The third-order valence-electron chi connectivity index (χ3n) is 3.32. The molecule has 1 saturated heterocycles. The number of ether oxygens (including phenoxy) is 1. The summed E-state index contributed by atoms with van der Waals surface area (Å²) in [6, 6.07) is 9.05. The van der Waals surface area contributed by atoms with Crippen molar-refractivity contribution in [2.75, 3.05) is 20.3 Å². The van der Waals surface area contributed by atoms with Crippen LogP contribution < -0.4 is 0 Å². The van der Waals surface area contributed by atoms with Gasteiger partial charge in [0.15, 0.2) is 0 Å². The summed E-state index contributed by atoms with van der Waals surface area (Å²) in [6.07, 6.45) is 1.77. The van der Waals surface area contributed by atoms with Crippen molar-refractivity contribution >= 4 is 5.91 Å². The van der Waals surface area contributed by atoms with Crippen LogP contribution in [0.2, 0.25) is 0 Å². The Morgan fingerprint density at radius 2 is 1.94 bits per heavy atom. The molecule has 1 fully saturated rings. The van der Waals surface area contributed by atoms with E-state index in [-0.39, 0.29) is 11.9 Å². The highest BCUT2D eigenvalue weighted by Crippen LogP contribution is 2.16. The molecule has 0 saturated carbocycles. The Kier molecular flexibility index (Phi) is 3.96. The standard InChI is InChI=1S/C14H16N2O2/c1-16(13-6-8-18-9-7-13)14(17)12-4-2-11(10-15)3-5-12/h2-5,13H,6-9H2,1H3. The summed E-state index contributed by atoms with van der Waals surface area (Å²) in [4.78, 5) is 14.0. The molecule has 0 unspecified atom stereocenters. The van der Waals surface area contributed by atoms with E-state index >= 15 is 0 Å². The van der Waals surface area contributed by atoms with Gasteiger partial charge in [-0.1, -0.05) is 0 Å². The molecule has 0 spiro atoms. The number of amides is 1. The summed E-state index contributed by atoms with van der Waals surface area (Å²) >= 11 is 0. The zero-order chi connectivity index (χ0) is 13.0. The average Bonchev–Trinajstić information content (AvgIpc) is 2.47. The van der Waals surface area contributed by atoms with Gasteiger partial charge >= 0.3 is 0 Å². The third-order valence-corrected chi connectivity index (χ3v) is 3.32. The highest BCUT2D eigenvalue weighted by Gasteiger charge is 2.23. The Morgan fingerprint density at radius 1 is 1.33 bits per heavy atom. The Balaban J connectivity index is 2.07. The van der Waals surface area contributed by atoms with Crippen LogP contribution in [-0.2, 0) is 4.74 Å². The molecule has 94 valence electrons. The van der Waals surface area contributed by atoms with Gasteiger partial charge in [-0.2, -0.15) is 5.26 Å². The molecule has 2 rings (SSSR count). The fourth-order valence-corrected chi connectivity index (χ4v) is 2.13. The molecule has 1 heterocycles. The minimum atomic E-state index is 0.00592. The smallest absolute Gasteiger partial charge is 0.253 e. The number of rotatable bonds is 2. The van der Waals surface area contributed by atoms with Gasteiger partial charge in [-0.25, -0.2) is 0 Å². The van der Waals surface area contributed by atoms with E-state index in [1.807, 2.05) is 13.1 Å². The zero-order valence-electron chi connectivity index (χ0n) is 10.4. The summed E-state index contributed by atoms with van der Waals surface area (Å²) < 4.78 is 5.29. The topological polar surface area (TPSA) is 53.3 Å². The average molecular weight is 244 g/mol. The molecule has 18 heavy (non-hydrogen) atoms. The summed E-state index contributed by atoms with van der Waals surface area (Å²) in [7, 11) is 1.83. The maximum Gasteiger partial charge on any atom is 0.253 e. The first-order valence-electron chi connectivity index (χ1n) is 6.07. The molecule has 1 aliphatic rings. The molecule has 1 amide bonds. The van der Waals surface area contributed by atoms with Crippen LogP contribution in [0.5, 0.6) is 0 Å². The zero-order valence-corrected chi connectivity index (χ0v) is 10.4. The molecule has 0 aliphatic carbocycles. The minimum absolute atomic E-state index is 0.00592. The molecule has 4 nitrogen and oxygen atoms in total. The monoisotopic (exact) mass is 244 g/mol. The Morgan fingerprint density at radius 3 is 2.50 bits per heavy atom. The summed E-state index contributed by atoms with van der Waals surface area (Å²) in [5, 5.41) is 8.72. The fraction of sp³-hybridized carbons (Fsp3) is 0.429. The maximum atomic E-state index is 12.2. The predicted molar refractivity (Wildman–Crippen MR) is 67.1 cm³/mol. The molecule has 1 aromatic carbocycles. The second kappa shape index (κ2) is 5.65. The summed E-state index contributed by atoms with van der Waals surface area (Å²) in [6.45, 7) is 1.44. The number of nitriles is 1. The van der Waals surface area contributed by atoms with E-state index < -0.39 is 0 Å². The van der Waals surface area contributed by atoms with E-state index in [4.69, 9.17) is 10.00 Å². The molecule has 4 heteroatoms. The van der Waals surface area contributed by atoms with Crippen molar-refractivity contribution in [1.29, 1.82) is 5.26 Å². The molecule has 0 radical (unpaired) electrons. The van der Waals surface area contributed by atoms with Crippen molar-refractivity contribution < 1.29 is 9.53 Å². The van der Waals surface area contributed by atoms with Gasteiger partial charge in [-0.15, -0.1) is 0 Å². The molecule has 1 aliphatic heterocycles. The van der Waals surface area contributed by atoms with Crippen LogP contribution in [0.15, 0.2) is 24.3 Å². The van der Waals surface area contributed by atoms with Crippen LogP contribution in [0.4, 0.5) is 0 Å². The van der Waals surface area contributed by atoms with Gasteiger partial charge < -0.3 is 9.64 Å². The number of hydrogen-bond donors (Lipinski definition) is 0. The van der Waals surface area contributed by atoms with Gasteiger partial charge in [0.1, 0.15) is 0 Å². The SMILES string of the molecule is CN(C(=O)c1ccc(C#N)cc1)C1CCOCC1. The highest BCUT2D eigenvalue weighted by atomic mass is 16.5. The molecular formula is C14H16N2O2. The first-order chi connectivity index (χ1) is 8.72. The van der Waals surface area contributed by atoms with Crippen molar-refractivity contribution in [3.8, 4) is 6.07 Å². The van der Waals surface area contributed by atoms with Gasteiger partial charge in [0, 0.05) is 31.9 Å². The van der Waals surface area contributed by atoms with Crippen LogP contribution in [0.25, 0.3) is 0 Å². The summed E-state index contributed by atoms with van der Waals surface area (Å²) in [5.74, 6) is 0.00592. The number of carbonyl (C=O) groups excluding carboxylic acids is 1. The van der Waals surface area contributed by atoms with Gasteiger partial charge in [-0.3, -0.25) is 4.79 Å². The van der Waals surface area contributed by atoms with E-state index in [0.717, 1.165) is 26.1 Å². The highest BCUT2D eigenvalue weighted by molar-refractivity contribution is 5.94. The quantitative estimate of drug-likeness (QED) is 0.797. The van der Waals surface area contributed by atoms with Crippen molar-refractivity contribution in [2.24, 2.45) is 0 Å². The molecule has 0 aromatic heterocycles. The minimum Gasteiger partial charge on any atom is -0.381 e. The molecular weight excluding hydrogens is 228 g/mol. The Bertz CT molecular complexity index is 456. The van der Waals surface area contributed by atoms with Crippen LogP contribution in [0, 0.1) is 11.3 Å². The van der Waals surface area contributed by atoms with Gasteiger partial charge in [0.05, 0.1) is 11.6 Å². The van der Waals surface area contributed by atoms with Crippen molar-refractivity contribution in [2.45, 2.75) is 18.9 Å². The lowest BCUT2D eigenvalue weighted by Crippen LogP contribution is -2.40. The number of hydrogen-bond acceptors (Lipinski definition) is 3. The van der Waals surface area contributed by atoms with E-state index in [9.17, 15) is 4.79 Å². The normalized spacial score (nSPS) is 16.0. The molecule has 1 aromatic rings. The fourth-order valence-electron chi connectivity index (χ4n) is 2.13. The van der Waals surface area contributed by atoms with Crippen molar-refractivity contribution in [1.82, 2.24) is 4.90 Å². The van der Waals surface area contributed by atoms with Gasteiger partial charge in [-0.05, 0) is 37.1 Å². The van der Waals surface area contributed by atoms with Crippen molar-refractivity contribution in [3.05, 3.63) is 35.4 Å². The molecule has 0 atom stereocenters. The number of benzene rings is 1. The third kappa shape index (κ3) is 2.69. The Hall–Kier alpha value is -1.86. The number of nitrogens with zero attached hydrogens (tertiary/aromatic N) is 2. The maximum absolute atomic E-state index is 12.2. The Labute approximate surface area is 107 Å². The predicted octanol–water partition coefficient (Wildman–Crippen LogP) is 1.81. The van der Waals surface area contributed by atoms with E-state index in [1.165, 1.54) is 0 Å². The second-order valence-corrected chi connectivity index (χ2v) is 4.45. The van der Waals surface area contributed by atoms with Crippen molar-refractivity contribution in [3.63, 3.8) is 0 Å². The second-order valence-electron chi connectivity index (χ2n) is 4.45. The lowest BCUT2D eigenvalue weighted by atomic mass is 10.1. The van der Waals surface area contributed by atoms with Crippen LogP contribution in [-0.4, -0.2) is 37.1 Å². The van der Waals surface area contributed by atoms with Crippen LogP contribution in [0.3, 0.4) is 0 Å². The van der Waals surface area contributed by atoms with Crippen LogP contribution >= 0.6 is 0 Å². The molecule has 0 bridgehead atoms. The lowest BCUT2D eigenvalue weighted by Gasteiger charge is -2.31. The van der Waals surface area contributed by atoms with Gasteiger partial charge in [0.25, 0.3) is 5.91 Å². The van der Waals surface area contributed by atoms with E-state index in [2.05, 4.69) is 0 Å². The number of carbonyl (C=O) groups is 1. The van der Waals surface area contributed by atoms with Gasteiger partial charge in [0.2, 0.25) is 0 Å². The van der Waals surface area contributed by atoms with E-state index in [1.54, 1.807) is 29.2 Å². The van der Waals surface area contributed by atoms with Crippen LogP contribution in [0.1, 0.15) is 28.8 Å².